The third-order valence-corrected chi connectivity index (χ3v) is 2.82. The second-order valence-corrected chi connectivity index (χ2v) is 4.20. The zero-order chi connectivity index (χ0) is 11.5. The van der Waals surface area contributed by atoms with Gasteiger partial charge in [0, 0.05) is 11.6 Å². The average Bonchev–Trinajstić information content (AvgIpc) is 3.01. The summed E-state index contributed by atoms with van der Waals surface area (Å²) in [6.07, 6.45) is 3.25. The molecule has 1 aliphatic carbocycles. The molecule has 0 aromatic heterocycles. The van der Waals surface area contributed by atoms with Crippen LogP contribution in [0.25, 0.3) is 0 Å². The maximum atomic E-state index is 12.2. The van der Waals surface area contributed by atoms with Crippen LogP contribution in [0.5, 0.6) is 5.75 Å². The molecule has 96 valence electrons. The van der Waals surface area contributed by atoms with Crippen molar-refractivity contribution in [2.45, 2.75) is 31.9 Å². The van der Waals surface area contributed by atoms with Crippen molar-refractivity contribution < 1.29 is 13.5 Å². The van der Waals surface area contributed by atoms with E-state index in [9.17, 15) is 8.78 Å². The fraction of sp³-hybridized carbons (Fsp3) is 0.500. The van der Waals surface area contributed by atoms with Crippen molar-refractivity contribution in [3.05, 3.63) is 29.8 Å². The SMILES string of the molecule is Cl.N[C@H](CC1CC1)c1ccccc1OC(F)F. The van der Waals surface area contributed by atoms with E-state index in [0.717, 1.165) is 6.42 Å². The Hall–Kier alpha value is -0.870. The molecule has 1 fully saturated rings. The number of ether oxygens (including phenoxy) is 1. The fourth-order valence-corrected chi connectivity index (χ4v) is 1.83. The first-order chi connectivity index (χ1) is 7.66. The van der Waals surface area contributed by atoms with Gasteiger partial charge in [-0.15, -0.1) is 12.4 Å². The zero-order valence-corrected chi connectivity index (χ0v) is 10.1. The molecule has 5 heteroatoms. The van der Waals surface area contributed by atoms with Gasteiger partial charge in [0.1, 0.15) is 5.75 Å². The third kappa shape index (κ3) is 4.13. The number of benzene rings is 1. The minimum Gasteiger partial charge on any atom is -0.434 e. The molecule has 0 heterocycles. The monoisotopic (exact) mass is 263 g/mol. The molecule has 0 bridgehead atoms. The lowest BCUT2D eigenvalue weighted by molar-refractivity contribution is -0.0506. The van der Waals surface area contributed by atoms with Crippen molar-refractivity contribution in [3.63, 3.8) is 0 Å². The summed E-state index contributed by atoms with van der Waals surface area (Å²) in [6.45, 7) is -2.80. The summed E-state index contributed by atoms with van der Waals surface area (Å²) in [5.41, 5.74) is 6.66. The molecule has 0 unspecified atom stereocenters. The van der Waals surface area contributed by atoms with Gasteiger partial charge in [-0.05, 0) is 18.4 Å². The molecule has 1 aromatic rings. The molecule has 0 saturated heterocycles. The normalized spacial score (nSPS) is 16.5. The number of nitrogens with two attached hydrogens (primary N) is 1. The first-order valence-electron chi connectivity index (χ1n) is 5.46. The summed E-state index contributed by atoms with van der Waals surface area (Å²) >= 11 is 0. The molecule has 17 heavy (non-hydrogen) atoms. The van der Waals surface area contributed by atoms with Crippen molar-refractivity contribution in [1.82, 2.24) is 0 Å². The quantitative estimate of drug-likeness (QED) is 0.882. The highest BCUT2D eigenvalue weighted by Gasteiger charge is 2.26. The lowest BCUT2D eigenvalue weighted by Gasteiger charge is -2.16. The van der Waals surface area contributed by atoms with Crippen LogP contribution in [0.4, 0.5) is 8.78 Å². The standard InChI is InChI=1S/C12H15F2NO.ClH/c13-12(14)16-11-4-2-1-3-9(11)10(15)7-8-5-6-8;/h1-4,8,10,12H,5-7,15H2;1H/t10-;/m1./s1. The van der Waals surface area contributed by atoms with E-state index in [1.165, 1.54) is 18.9 Å². The Morgan fingerprint density at radius 1 is 1.29 bits per heavy atom. The van der Waals surface area contributed by atoms with Crippen molar-refractivity contribution in [2.75, 3.05) is 0 Å². The second kappa shape index (κ2) is 6.17. The van der Waals surface area contributed by atoms with E-state index < -0.39 is 6.61 Å². The van der Waals surface area contributed by atoms with Gasteiger partial charge in [0.25, 0.3) is 0 Å². The Morgan fingerprint density at radius 2 is 1.94 bits per heavy atom. The van der Waals surface area contributed by atoms with Gasteiger partial charge in [-0.2, -0.15) is 8.78 Å². The fourth-order valence-electron chi connectivity index (χ4n) is 1.83. The summed E-state index contributed by atoms with van der Waals surface area (Å²) in [4.78, 5) is 0. The first-order valence-corrected chi connectivity index (χ1v) is 5.46. The van der Waals surface area contributed by atoms with Crippen molar-refractivity contribution in [2.24, 2.45) is 11.7 Å². The topological polar surface area (TPSA) is 35.2 Å². The molecule has 1 aliphatic rings. The van der Waals surface area contributed by atoms with Gasteiger partial charge in [-0.25, -0.2) is 0 Å². The Bertz CT molecular complexity index is 358. The maximum absolute atomic E-state index is 12.2. The van der Waals surface area contributed by atoms with E-state index in [0.29, 0.717) is 11.5 Å². The zero-order valence-electron chi connectivity index (χ0n) is 9.31. The smallest absolute Gasteiger partial charge is 0.387 e. The minimum atomic E-state index is -2.80. The number of rotatable bonds is 5. The highest BCUT2D eigenvalue weighted by atomic mass is 35.5. The highest BCUT2D eigenvalue weighted by molar-refractivity contribution is 5.85. The summed E-state index contributed by atoms with van der Waals surface area (Å²) in [5.74, 6) is 0.861. The van der Waals surface area contributed by atoms with Crippen LogP contribution >= 0.6 is 12.4 Å². The van der Waals surface area contributed by atoms with Crippen LogP contribution in [0.1, 0.15) is 30.9 Å². The molecule has 1 atom stereocenters. The van der Waals surface area contributed by atoms with Gasteiger partial charge in [-0.3, -0.25) is 0 Å². The van der Waals surface area contributed by atoms with Crippen LogP contribution in [0.15, 0.2) is 24.3 Å². The van der Waals surface area contributed by atoms with Gasteiger partial charge in [0.15, 0.2) is 0 Å². The summed E-state index contributed by atoms with van der Waals surface area (Å²) in [6, 6.07) is 6.55. The second-order valence-electron chi connectivity index (χ2n) is 4.20. The van der Waals surface area contributed by atoms with Gasteiger partial charge in [-0.1, -0.05) is 31.0 Å². The predicted molar refractivity (Wildman–Crippen MR) is 64.6 cm³/mol. The first kappa shape index (κ1) is 14.2. The molecule has 2 N–H and O–H groups in total. The Morgan fingerprint density at radius 3 is 2.53 bits per heavy atom. The van der Waals surface area contributed by atoms with Gasteiger partial charge >= 0.3 is 6.61 Å². The van der Waals surface area contributed by atoms with E-state index in [2.05, 4.69) is 4.74 Å². The Kier molecular flexibility index (Phi) is 5.15. The average molecular weight is 264 g/mol. The van der Waals surface area contributed by atoms with Crippen LogP contribution < -0.4 is 10.5 Å². The van der Waals surface area contributed by atoms with E-state index in [1.807, 2.05) is 0 Å². The molecule has 0 aliphatic heterocycles. The van der Waals surface area contributed by atoms with Crippen molar-refractivity contribution in [1.29, 1.82) is 0 Å². The van der Waals surface area contributed by atoms with Crippen LogP contribution in [-0.4, -0.2) is 6.61 Å². The Balaban J connectivity index is 0.00000144. The Labute approximate surface area is 106 Å². The summed E-state index contributed by atoms with van der Waals surface area (Å²) in [5, 5.41) is 0. The summed E-state index contributed by atoms with van der Waals surface area (Å²) < 4.78 is 28.8. The van der Waals surface area contributed by atoms with Gasteiger partial charge in [0.2, 0.25) is 0 Å². The lowest BCUT2D eigenvalue weighted by atomic mass is 10.0. The van der Waals surface area contributed by atoms with Crippen LogP contribution in [-0.2, 0) is 0 Å². The molecule has 1 aromatic carbocycles. The van der Waals surface area contributed by atoms with E-state index in [1.54, 1.807) is 18.2 Å². The molecular formula is C12H16ClF2NO. The number of para-hydroxylation sites is 1. The molecule has 2 rings (SSSR count). The minimum absolute atomic E-state index is 0. The third-order valence-electron chi connectivity index (χ3n) is 2.82. The van der Waals surface area contributed by atoms with Crippen LogP contribution in [0.2, 0.25) is 0 Å². The van der Waals surface area contributed by atoms with Crippen molar-refractivity contribution in [3.8, 4) is 5.75 Å². The van der Waals surface area contributed by atoms with Crippen molar-refractivity contribution >= 4 is 12.4 Å². The predicted octanol–water partition coefficient (Wildman–Crippen LogP) is 3.51. The van der Waals surface area contributed by atoms with E-state index in [4.69, 9.17) is 5.73 Å². The van der Waals surface area contributed by atoms with Gasteiger partial charge in [0.05, 0.1) is 0 Å². The number of alkyl halides is 2. The number of hydrogen-bond acceptors (Lipinski definition) is 2. The van der Waals surface area contributed by atoms with Gasteiger partial charge < -0.3 is 10.5 Å². The maximum Gasteiger partial charge on any atom is 0.387 e. The molecule has 2 nitrogen and oxygen atoms in total. The molecule has 1 saturated carbocycles. The largest absolute Gasteiger partial charge is 0.434 e. The molecule has 0 amide bonds. The highest BCUT2D eigenvalue weighted by Crippen LogP contribution is 2.38. The van der Waals surface area contributed by atoms with E-state index in [-0.39, 0.29) is 24.2 Å². The molecular weight excluding hydrogens is 248 g/mol. The summed E-state index contributed by atoms with van der Waals surface area (Å²) in [7, 11) is 0. The van der Waals surface area contributed by atoms with E-state index >= 15 is 0 Å². The molecule has 0 radical (unpaired) electrons. The number of hydrogen-bond donors (Lipinski definition) is 1. The lowest BCUT2D eigenvalue weighted by Crippen LogP contribution is -2.14. The molecule has 0 spiro atoms. The van der Waals surface area contributed by atoms with Crippen LogP contribution in [0, 0.1) is 5.92 Å². The number of halogens is 3. The van der Waals surface area contributed by atoms with Crippen LogP contribution in [0.3, 0.4) is 0 Å².